The molecular weight excluding hydrogens is 422 g/mol. The molecule has 1 unspecified atom stereocenters. The van der Waals surface area contributed by atoms with Gasteiger partial charge in [0.25, 0.3) is 5.91 Å². The average Bonchev–Trinajstić information content (AvgIpc) is 3.18. The number of benzene rings is 1. The van der Waals surface area contributed by atoms with Crippen molar-refractivity contribution >= 4 is 37.4 Å². The van der Waals surface area contributed by atoms with Gasteiger partial charge in [-0.3, -0.25) is 15.0 Å². The van der Waals surface area contributed by atoms with Gasteiger partial charge in [-0.2, -0.15) is 4.31 Å². The molecule has 0 aliphatic rings. The number of rotatable bonds is 9. The fourth-order valence-corrected chi connectivity index (χ4v) is 5.80. The van der Waals surface area contributed by atoms with Crippen LogP contribution in [0.1, 0.15) is 31.4 Å². The lowest BCUT2D eigenvalue weighted by Gasteiger charge is -2.30. The lowest BCUT2D eigenvalue weighted by atomic mass is 10.0. The highest BCUT2D eigenvalue weighted by molar-refractivity contribution is 7.88. The highest BCUT2D eigenvalue weighted by Crippen LogP contribution is 2.26. The van der Waals surface area contributed by atoms with E-state index in [4.69, 9.17) is 0 Å². The summed E-state index contributed by atoms with van der Waals surface area (Å²) in [6.07, 6.45) is 3.45. The van der Waals surface area contributed by atoms with Crippen molar-refractivity contribution in [1.29, 1.82) is 0 Å². The van der Waals surface area contributed by atoms with E-state index in [-0.39, 0.29) is 24.6 Å². The first-order chi connectivity index (χ1) is 14.3. The summed E-state index contributed by atoms with van der Waals surface area (Å²) in [4.78, 5) is 16.5. The van der Waals surface area contributed by atoms with E-state index in [2.05, 4.69) is 4.98 Å². The van der Waals surface area contributed by atoms with Gasteiger partial charge in [-0.15, -0.1) is 11.3 Å². The predicted octanol–water partition coefficient (Wildman–Crippen LogP) is 3.55. The SMILES string of the molecule is CC(C)CC(C(=O)NO)N(Cc1cccnc1)S(=O)(=O)Cc1ccc2sccc2c1. The number of nitrogens with zero attached hydrogens (tertiary/aromatic N) is 2. The number of nitrogens with one attached hydrogen (secondary N) is 1. The maximum atomic E-state index is 13.5. The van der Waals surface area contributed by atoms with Crippen molar-refractivity contribution in [3.05, 3.63) is 65.3 Å². The highest BCUT2D eigenvalue weighted by atomic mass is 32.2. The third-order valence-electron chi connectivity index (χ3n) is 4.74. The minimum absolute atomic E-state index is 0.0122. The topological polar surface area (TPSA) is 99.6 Å². The molecule has 160 valence electrons. The predicted molar refractivity (Wildman–Crippen MR) is 117 cm³/mol. The zero-order valence-electron chi connectivity index (χ0n) is 16.9. The molecule has 9 heteroatoms. The van der Waals surface area contributed by atoms with Gasteiger partial charge in [-0.05, 0) is 58.5 Å². The van der Waals surface area contributed by atoms with Gasteiger partial charge < -0.3 is 0 Å². The lowest BCUT2D eigenvalue weighted by Crippen LogP contribution is -2.49. The van der Waals surface area contributed by atoms with Gasteiger partial charge in [0, 0.05) is 23.6 Å². The van der Waals surface area contributed by atoms with Crippen molar-refractivity contribution < 1.29 is 18.4 Å². The molecule has 2 aromatic heterocycles. The summed E-state index contributed by atoms with van der Waals surface area (Å²) in [6.45, 7) is 3.79. The van der Waals surface area contributed by atoms with Crippen LogP contribution in [0.15, 0.2) is 54.2 Å². The lowest BCUT2D eigenvalue weighted by molar-refractivity contribution is -0.133. The van der Waals surface area contributed by atoms with Gasteiger partial charge in [-0.1, -0.05) is 26.0 Å². The van der Waals surface area contributed by atoms with Crippen LogP contribution in [-0.4, -0.2) is 34.9 Å². The Balaban J connectivity index is 1.97. The number of thiophene rings is 1. The van der Waals surface area contributed by atoms with E-state index in [1.165, 1.54) is 4.31 Å². The summed E-state index contributed by atoms with van der Waals surface area (Å²) in [5.74, 6) is -0.947. The molecule has 0 saturated heterocycles. The maximum Gasteiger partial charge on any atom is 0.261 e. The van der Waals surface area contributed by atoms with E-state index in [9.17, 15) is 18.4 Å². The molecule has 7 nitrogen and oxygen atoms in total. The molecule has 1 atom stereocenters. The number of hydrogen-bond donors (Lipinski definition) is 2. The second kappa shape index (κ2) is 9.65. The highest BCUT2D eigenvalue weighted by Gasteiger charge is 2.35. The number of sulfonamides is 1. The Bertz CT molecular complexity index is 1100. The second-order valence-electron chi connectivity index (χ2n) is 7.58. The molecule has 1 aromatic carbocycles. The Morgan fingerprint density at radius 2 is 2.03 bits per heavy atom. The van der Waals surface area contributed by atoms with Crippen molar-refractivity contribution in [3.8, 4) is 0 Å². The van der Waals surface area contributed by atoms with Gasteiger partial charge in [-0.25, -0.2) is 13.9 Å². The van der Waals surface area contributed by atoms with Gasteiger partial charge in [0.1, 0.15) is 6.04 Å². The van der Waals surface area contributed by atoms with Crippen LogP contribution in [0.4, 0.5) is 0 Å². The van der Waals surface area contributed by atoms with Crippen molar-refractivity contribution in [3.63, 3.8) is 0 Å². The molecule has 2 N–H and O–H groups in total. The number of carbonyl (C=O) groups is 1. The van der Waals surface area contributed by atoms with Gasteiger partial charge in [0.15, 0.2) is 0 Å². The molecule has 1 amide bonds. The monoisotopic (exact) mass is 447 g/mol. The smallest absolute Gasteiger partial charge is 0.261 e. The standard InChI is InChI=1S/C21H25N3O4S2/c1-15(2)10-19(21(25)23-26)24(13-17-4-3-8-22-12-17)30(27,28)14-16-5-6-20-18(11-16)7-9-29-20/h3-9,11-12,15,19,26H,10,13-14H2,1-2H3,(H,23,25). The molecule has 0 aliphatic carbocycles. The van der Waals surface area contributed by atoms with Crippen LogP contribution in [0.25, 0.3) is 10.1 Å². The molecule has 0 spiro atoms. The molecule has 0 fully saturated rings. The second-order valence-corrected chi connectivity index (χ2v) is 10.4. The molecule has 30 heavy (non-hydrogen) atoms. The van der Waals surface area contributed by atoms with Gasteiger partial charge >= 0.3 is 0 Å². The van der Waals surface area contributed by atoms with E-state index < -0.39 is 22.0 Å². The summed E-state index contributed by atoms with van der Waals surface area (Å²) in [6, 6.07) is 9.94. The molecule has 0 radical (unpaired) electrons. The number of hydroxylamine groups is 1. The first-order valence-electron chi connectivity index (χ1n) is 9.58. The number of carbonyl (C=O) groups excluding carboxylic acids is 1. The van der Waals surface area contributed by atoms with E-state index in [1.54, 1.807) is 47.4 Å². The van der Waals surface area contributed by atoms with E-state index in [1.807, 2.05) is 37.4 Å². The number of pyridine rings is 1. The largest absolute Gasteiger partial charge is 0.289 e. The van der Waals surface area contributed by atoms with Crippen LogP contribution in [0.3, 0.4) is 0 Å². The molecule has 3 aromatic rings. The van der Waals surface area contributed by atoms with Crippen molar-refractivity contribution in [1.82, 2.24) is 14.8 Å². The summed E-state index contributed by atoms with van der Waals surface area (Å²) in [5.41, 5.74) is 2.94. The van der Waals surface area contributed by atoms with E-state index >= 15 is 0 Å². The van der Waals surface area contributed by atoms with Gasteiger partial charge in [0.05, 0.1) is 5.75 Å². The fourth-order valence-electron chi connectivity index (χ4n) is 3.35. The summed E-state index contributed by atoms with van der Waals surface area (Å²) in [7, 11) is -3.89. The summed E-state index contributed by atoms with van der Waals surface area (Å²) in [5, 5.41) is 12.2. The third-order valence-corrected chi connectivity index (χ3v) is 7.43. The first-order valence-corrected chi connectivity index (χ1v) is 12.1. The molecule has 3 rings (SSSR count). The molecular formula is C21H25N3O4S2. The zero-order valence-corrected chi connectivity index (χ0v) is 18.5. The van der Waals surface area contributed by atoms with Crippen LogP contribution in [0.2, 0.25) is 0 Å². The molecule has 0 aliphatic heterocycles. The van der Waals surface area contributed by atoms with E-state index in [0.717, 1.165) is 10.1 Å². The summed E-state index contributed by atoms with van der Waals surface area (Å²) < 4.78 is 29.2. The van der Waals surface area contributed by atoms with Crippen molar-refractivity contribution in [2.45, 2.75) is 38.6 Å². The zero-order chi connectivity index (χ0) is 21.7. The van der Waals surface area contributed by atoms with Gasteiger partial charge in [0.2, 0.25) is 10.0 Å². The fraction of sp³-hybridized carbons (Fsp3) is 0.333. The van der Waals surface area contributed by atoms with Crippen LogP contribution in [0, 0.1) is 5.92 Å². The van der Waals surface area contributed by atoms with E-state index in [0.29, 0.717) is 11.1 Å². The van der Waals surface area contributed by atoms with Crippen molar-refractivity contribution in [2.75, 3.05) is 0 Å². The Morgan fingerprint density at radius 1 is 1.23 bits per heavy atom. The number of aromatic nitrogens is 1. The average molecular weight is 448 g/mol. The summed E-state index contributed by atoms with van der Waals surface area (Å²) >= 11 is 1.59. The maximum absolute atomic E-state index is 13.5. The van der Waals surface area contributed by atoms with Crippen LogP contribution in [-0.2, 0) is 27.1 Å². The Hall–Kier alpha value is -2.33. The third kappa shape index (κ3) is 5.42. The van der Waals surface area contributed by atoms with Crippen LogP contribution in [0.5, 0.6) is 0 Å². The van der Waals surface area contributed by atoms with Crippen molar-refractivity contribution in [2.24, 2.45) is 5.92 Å². The quantitative estimate of drug-likeness (QED) is 0.386. The number of hydrogen-bond acceptors (Lipinski definition) is 6. The Kier molecular flexibility index (Phi) is 7.19. The number of amides is 1. The van der Waals surface area contributed by atoms with Crippen LogP contribution < -0.4 is 5.48 Å². The minimum atomic E-state index is -3.89. The molecule has 0 bridgehead atoms. The molecule has 0 saturated carbocycles. The first kappa shape index (κ1) is 22.4. The Labute approximate surface area is 180 Å². The Morgan fingerprint density at radius 3 is 2.70 bits per heavy atom. The number of fused-ring (bicyclic) bond motifs is 1. The molecule has 2 heterocycles. The van der Waals surface area contributed by atoms with Crippen LogP contribution >= 0.6 is 11.3 Å². The normalized spacial score (nSPS) is 13.1. The minimum Gasteiger partial charge on any atom is -0.289 e.